The van der Waals surface area contributed by atoms with Crippen molar-refractivity contribution in [3.8, 4) is 0 Å². The van der Waals surface area contributed by atoms with Gasteiger partial charge in [-0.25, -0.2) is 4.79 Å². The molecule has 0 saturated heterocycles. The monoisotopic (exact) mass is 300 g/mol. The number of anilines is 1. The first-order valence-corrected chi connectivity index (χ1v) is 6.85. The van der Waals surface area contributed by atoms with Gasteiger partial charge < -0.3 is 4.74 Å². The number of nitro benzene ring substituents is 1. The Labute approximate surface area is 127 Å². The maximum absolute atomic E-state index is 11.7. The molecule has 2 rings (SSSR count). The van der Waals surface area contributed by atoms with Crippen molar-refractivity contribution in [2.45, 2.75) is 20.0 Å². The molecule has 0 saturated carbocycles. The number of nitrogens with zero attached hydrogens (tertiary/aromatic N) is 1. The highest BCUT2D eigenvalue weighted by atomic mass is 16.6. The molecule has 0 aliphatic carbocycles. The van der Waals surface area contributed by atoms with E-state index in [0.717, 1.165) is 11.1 Å². The number of aryl methyl sites for hydroxylation is 1. The van der Waals surface area contributed by atoms with Crippen LogP contribution < -0.4 is 5.32 Å². The summed E-state index contributed by atoms with van der Waals surface area (Å²) in [4.78, 5) is 22.0. The van der Waals surface area contributed by atoms with Crippen molar-refractivity contribution in [3.05, 3.63) is 69.8 Å². The summed E-state index contributed by atoms with van der Waals surface area (Å²) in [5.74, 6) is 0. The van der Waals surface area contributed by atoms with Crippen LogP contribution in [0, 0.1) is 10.1 Å². The molecule has 0 atom stereocenters. The lowest BCUT2D eigenvalue weighted by atomic mass is 10.1. The Kier molecular flexibility index (Phi) is 5.08. The number of para-hydroxylation sites is 1. The highest BCUT2D eigenvalue weighted by Gasteiger charge is 2.11. The lowest BCUT2D eigenvalue weighted by molar-refractivity contribution is -0.384. The number of nitrogens with one attached hydrogen (secondary N) is 1. The smallest absolute Gasteiger partial charge is 0.411 e. The number of carbonyl (C=O) groups is 1. The normalized spacial score (nSPS) is 10.0. The van der Waals surface area contributed by atoms with E-state index >= 15 is 0 Å². The van der Waals surface area contributed by atoms with Crippen LogP contribution >= 0.6 is 0 Å². The molecule has 2 aromatic rings. The van der Waals surface area contributed by atoms with E-state index in [1.54, 1.807) is 30.3 Å². The first-order chi connectivity index (χ1) is 10.6. The fraction of sp³-hybridized carbons (Fsp3) is 0.188. The van der Waals surface area contributed by atoms with Gasteiger partial charge in [-0.15, -0.1) is 0 Å². The number of rotatable bonds is 5. The van der Waals surface area contributed by atoms with Crippen LogP contribution in [0.15, 0.2) is 48.5 Å². The molecule has 0 aliphatic heterocycles. The Morgan fingerprint density at radius 3 is 2.55 bits per heavy atom. The van der Waals surface area contributed by atoms with Crippen molar-refractivity contribution in [3.63, 3.8) is 0 Å². The Morgan fingerprint density at radius 2 is 1.91 bits per heavy atom. The zero-order valence-electron chi connectivity index (χ0n) is 12.1. The quantitative estimate of drug-likeness (QED) is 0.670. The van der Waals surface area contributed by atoms with Crippen LogP contribution in [0.1, 0.15) is 18.1 Å². The first-order valence-electron chi connectivity index (χ1n) is 6.85. The molecule has 0 fully saturated rings. The number of benzene rings is 2. The van der Waals surface area contributed by atoms with Crippen LogP contribution in [0.4, 0.5) is 16.2 Å². The predicted molar refractivity (Wildman–Crippen MR) is 82.7 cm³/mol. The maximum atomic E-state index is 11.7. The van der Waals surface area contributed by atoms with E-state index in [2.05, 4.69) is 5.32 Å². The number of non-ortho nitro benzene ring substituents is 1. The maximum Gasteiger partial charge on any atom is 0.411 e. The molecule has 6 nitrogen and oxygen atoms in total. The molecule has 1 amide bonds. The summed E-state index contributed by atoms with van der Waals surface area (Å²) in [6.45, 7) is 1.96. The van der Waals surface area contributed by atoms with E-state index < -0.39 is 11.0 Å². The number of nitro groups is 1. The molecule has 6 heteroatoms. The van der Waals surface area contributed by atoms with E-state index in [1.165, 1.54) is 12.1 Å². The summed E-state index contributed by atoms with van der Waals surface area (Å²) >= 11 is 0. The third kappa shape index (κ3) is 4.05. The minimum atomic E-state index is -0.563. The van der Waals surface area contributed by atoms with Crippen molar-refractivity contribution < 1.29 is 14.5 Å². The van der Waals surface area contributed by atoms with Gasteiger partial charge in [0.2, 0.25) is 0 Å². The zero-order chi connectivity index (χ0) is 15.9. The third-order valence-electron chi connectivity index (χ3n) is 3.16. The molecule has 0 spiro atoms. The number of carbonyl (C=O) groups excluding carboxylic acids is 1. The average Bonchev–Trinajstić information content (AvgIpc) is 2.53. The second-order valence-electron chi connectivity index (χ2n) is 4.63. The summed E-state index contributed by atoms with van der Waals surface area (Å²) in [7, 11) is 0. The Hall–Kier alpha value is -2.89. The van der Waals surface area contributed by atoms with Crippen molar-refractivity contribution in [1.29, 1.82) is 0 Å². The molecule has 114 valence electrons. The van der Waals surface area contributed by atoms with Crippen LogP contribution in [-0.4, -0.2) is 11.0 Å². The Balaban J connectivity index is 1.99. The lowest BCUT2D eigenvalue weighted by Gasteiger charge is -2.10. The van der Waals surface area contributed by atoms with Gasteiger partial charge in [-0.05, 0) is 35.7 Å². The molecule has 1 N–H and O–H groups in total. The summed E-state index contributed by atoms with van der Waals surface area (Å²) in [5, 5.41) is 13.4. The predicted octanol–water partition coefficient (Wildman–Crippen LogP) is 3.91. The molecule has 0 heterocycles. The summed E-state index contributed by atoms with van der Waals surface area (Å²) in [6, 6.07) is 13.5. The Bertz CT molecular complexity index is 671. The third-order valence-corrected chi connectivity index (χ3v) is 3.16. The number of amides is 1. The molecule has 0 radical (unpaired) electrons. The molecule has 2 aromatic carbocycles. The minimum absolute atomic E-state index is 0.0364. The molecule has 0 bridgehead atoms. The first kappa shape index (κ1) is 15.5. The van der Waals surface area contributed by atoms with Crippen LogP contribution in [0.25, 0.3) is 0 Å². The highest BCUT2D eigenvalue weighted by Crippen LogP contribution is 2.19. The minimum Gasteiger partial charge on any atom is -0.444 e. The second-order valence-corrected chi connectivity index (χ2v) is 4.63. The van der Waals surface area contributed by atoms with Crippen molar-refractivity contribution in [2.75, 3.05) is 5.32 Å². The Morgan fingerprint density at radius 1 is 1.18 bits per heavy atom. The van der Waals surface area contributed by atoms with Gasteiger partial charge in [0.25, 0.3) is 5.69 Å². The molecular weight excluding hydrogens is 284 g/mol. The van der Waals surface area contributed by atoms with Crippen LogP contribution in [0.2, 0.25) is 0 Å². The molecule has 0 unspecified atom stereocenters. The number of hydrogen-bond donors (Lipinski definition) is 1. The number of hydrogen-bond acceptors (Lipinski definition) is 4. The van der Waals surface area contributed by atoms with E-state index in [9.17, 15) is 14.9 Å². The van der Waals surface area contributed by atoms with Gasteiger partial charge >= 0.3 is 6.09 Å². The lowest BCUT2D eigenvalue weighted by Crippen LogP contribution is -2.14. The van der Waals surface area contributed by atoms with Crippen molar-refractivity contribution >= 4 is 17.5 Å². The topological polar surface area (TPSA) is 81.5 Å². The van der Waals surface area contributed by atoms with Crippen molar-refractivity contribution in [1.82, 2.24) is 0 Å². The molecule has 0 aliphatic rings. The van der Waals surface area contributed by atoms with E-state index in [0.29, 0.717) is 12.1 Å². The van der Waals surface area contributed by atoms with Crippen LogP contribution in [0.5, 0.6) is 0 Å². The van der Waals surface area contributed by atoms with Crippen LogP contribution in [-0.2, 0) is 17.8 Å². The van der Waals surface area contributed by atoms with Crippen molar-refractivity contribution in [2.24, 2.45) is 0 Å². The van der Waals surface area contributed by atoms with Gasteiger partial charge in [-0.2, -0.15) is 0 Å². The van der Waals surface area contributed by atoms with Gasteiger partial charge in [-0.1, -0.05) is 25.1 Å². The van der Waals surface area contributed by atoms with Gasteiger partial charge in [0.05, 0.1) is 4.92 Å². The van der Waals surface area contributed by atoms with Crippen LogP contribution in [0.3, 0.4) is 0 Å². The highest BCUT2D eigenvalue weighted by molar-refractivity contribution is 5.84. The fourth-order valence-corrected chi connectivity index (χ4v) is 2.01. The molecule has 0 aromatic heterocycles. The molecular formula is C16H16N2O4. The van der Waals surface area contributed by atoms with Gasteiger partial charge in [0.1, 0.15) is 6.61 Å². The standard InChI is InChI=1S/C16H16N2O4/c1-2-12-10-15(18(20)21)9-8-13(12)11-22-16(19)17-14-6-4-3-5-7-14/h3-10H,2,11H2,1H3,(H,17,19). The SMILES string of the molecule is CCc1cc([N+](=O)[O-])ccc1COC(=O)Nc1ccccc1. The zero-order valence-corrected chi connectivity index (χ0v) is 12.1. The summed E-state index contributed by atoms with van der Waals surface area (Å²) in [5.41, 5.74) is 2.24. The largest absolute Gasteiger partial charge is 0.444 e. The molecule has 22 heavy (non-hydrogen) atoms. The van der Waals surface area contributed by atoms with E-state index in [4.69, 9.17) is 4.74 Å². The fourth-order valence-electron chi connectivity index (χ4n) is 2.01. The van der Waals surface area contributed by atoms with E-state index in [-0.39, 0.29) is 12.3 Å². The summed E-state index contributed by atoms with van der Waals surface area (Å²) in [6.07, 6.45) is 0.0623. The second kappa shape index (κ2) is 7.21. The van der Waals surface area contributed by atoms with Gasteiger partial charge in [-0.3, -0.25) is 15.4 Å². The average molecular weight is 300 g/mol. The number of ether oxygens (including phenoxy) is 1. The summed E-state index contributed by atoms with van der Waals surface area (Å²) < 4.78 is 5.15. The van der Waals surface area contributed by atoms with Gasteiger partial charge in [0, 0.05) is 17.8 Å². The van der Waals surface area contributed by atoms with Gasteiger partial charge in [0.15, 0.2) is 0 Å². The van der Waals surface area contributed by atoms with E-state index in [1.807, 2.05) is 13.0 Å².